The number of allylic oxidation sites excluding steroid dienone is 1. The minimum absolute atomic E-state index is 0.149. The predicted molar refractivity (Wildman–Crippen MR) is 47.1 cm³/mol. The van der Waals surface area contributed by atoms with Crippen LogP contribution in [0.5, 0.6) is 0 Å². The van der Waals surface area contributed by atoms with Crippen molar-refractivity contribution in [2.75, 3.05) is 0 Å². The molecule has 0 N–H and O–H groups in total. The van der Waals surface area contributed by atoms with Gasteiger partial charge in [0.05, 0.1) is 10.5 Å². The van der Waals surface area contributed by atoms with Gasteiger partial charge in [0.1, 0.15) is 0 Å². The van der Waals surface area contributed by atoms with E-state index in [0.29, 0.717) is 5.56 Å². The highest BCUT2D eigenvalue weighted by atomic mass is 16.6. The van der Waals surface area contributed by atoms with Gasteiger partial charge in [-0.05, 0) is 25.1 Å². The monoisotopic (exact) mass is 163 g/mol. The van der Waals surface area contributed by atoms with Crippen LogP contribution in [-0.4, -0.2) is 4.92 Å². The van der Waals surface area contributed by atoms with Gasteiger partial charge in [0.25, 0.3) is 5.70 Å². The zero-order valence-corrected chi connectivity index (χ0v) is 6.73. The van der Waals surface area contributed by atoms with Gasteiger partial charge >= 0.3 is 0 Å². The van der Waals surface area contributed by atoms with Crippen LogP contribution in [0.25, 0.3) is 5.70 Å². The zero-order chi connectivity index (χ0) is 8.97. The molecule has 1 rings (SSSR count). The van der Waals surface area contributed by atoms with Crippen molar-refractivity contribution in [2.45, 2.75) is 6.92 Å². The molecule has 0 aliphatic carbocycles. The summed E-state index contributed by atoms with van der Waals surface area (Å²) in [5.41, 5.74) is 0.792. The summed E-state index contributed by atoms with van der Waals surface area (Å²) in [7, 11) is 0. The molecule has 0 heterocycles. The van der Waals surface area contributed by atoms with E-state index in [9.17, 15) is 10.1 Å². The third-order valence-corrected chi connectivity index (χ3v) is 1.54. The van der Waals surface area contributed by atoms with E-state index in [-0.39, 0.29) is 10.6 Å². The molecule has 0 atom stereocenters. The molecule has 62 valence electrons. The fourth-order valence-electron chi connectivity index (χ4n) is 0.986. The Morgan fingerprint density at radius 3 is 2.42 bits per heavy atom. The highest BCUT2D eigenvalue weighted by Crippen LogP contribution is 2.13. The van der Waals surface area contributed by atoms with Gasteiger partial charge in [-0.3, -0.25) is 10.1 Å². The Kier molecular flexibility index (Phi) is 2.58. The topological polar surface area (TPSA) is 43.1 Å². The Labute approximate surface area is 70.5 Å². The second kappa shape index (κ2) is 3.67. The predicted octanol–water partition coefficient (Wildman–Crippen LogP) is 2.32. The first-order valence-corrected chi connectivity index (χ1v) is 3.62. The van der Waals surface area contributed by atoms with Gasteiger partial charge < -0.3 is 0 Å². The summed E-state index contributed by atoms with van der Waals surface area (Å²) in [5, 5.41) is 10.5. The fourth-order valence-corrected chi connectivity index (χ4v) is 0.986. The van der Waals surface area contributed by atoms with Gasteiger partial charge in [-0.1, -0.05) is 18.2 Å². The van der Waals surface area contributed by atoms with Gasteiger partial charge in [0, 0.05) is 0 Å². The number of nitro groups is 1. The molecular weight excluding hydrogens is 154 g/mol. The summed E-state index contributed by atoms with van der Waals surface area (Å²) >= 11 is 0. The van der Waals surface area contributed by atoms with Gasteiger partial charge in [0.15, 0.2) is 0 Å². The maximum Gasteiger partial charge on any atom is 0.272 e. The molecule has 0 bridgehead atoms. The van der Waals surface area contributed by atoms with Crippen LogP contribution in [-0.2, 0) is 0 Å². The number of rotatable bonds is 2. The Morgan fingerprint density at radius 2 is 2.00 bits per heavy atom. The molecule has 0 amide bonds. The summed E-state index contributed by atoms with van der Waals surface area (Å²) in [6, 6.07) is 8.83. The molecular formula is C9H9NO2. The zero-order valence-electron chi connectivity index (χ0n) is 6.73. The molecule has 1 aromatic rings. The molecule has 3 nitrogen and oxygen atoms in total. The fraction of sp³-hybridized carbons (Fsp3) is 0.111. The SMILES string of the molecule is CC=C(c1ccccc1)[N+](=O)[O-]. The lowest BCUT2D eigenvalue weighted by atomic mass is 10.1. The first-order valence-electron chi connectivity index (χ1n) is 3.62. The maximum atomic E-state index is 10.5. The molecule has 3 heteroatoms. The molecule has 0 fully saturated rings. The second-order valence-electron chi connectivity index (χ2n) is 2.30. The van der Waals surface area contributed by atoms with Crippen molar-refractivity contribution in [1.82, 2.24) is 0 Å². The molecule has 1 aromatic carbocycles. The van der Waals surface area contributed by atoms with Gasteiger partial charge in [-0.15, -0.1) is 0 Å². The van der Waals surface area contributed by atoms with E-state index in [2.05, 4.69) is 0 Å². The summed E-state index contributed by atoms with van der Waals surface area (Å²) in [6.45, 7) is 1.66. The van der Waals surface area contributed by atoms with Crippen LogP contribution in [0.2, 0.25) is 0 Å². The highest BCUT2D eigenvalue weighted by molar-refractivity contribution is 5.57. The van der Waals surface area contributed by atoms with Crippen LogP contribution in [0.15, 0.2) is 36.4 Å². The van der Waals surface area contributed by atoms with E-state index in [1.807, 2.05) is 6.07 Å². The average molecular weight is 163 g/mol. The lowest BCUT2D eigenvalue weighted by molar-refractivity contribution is -0.375. The number of nitrogens with zero attached hydrogens (tertiary/aromatic N) is 1. The van der Waals surface area contributed by atoms with E-state index in [1.165, 1.54) is 6.08 Å². The van der Waals surface area contributed by atoms with Crippen LogP contribution in [0.4, 0.5) is 0 Å². The third-order valence-electron chi connectivity index (χ3n) is 1.54. The van der Waals surface area contributed by atoms with E-state index in [1.54, 1.807) is 31.2 Å². The molecule has 0 aromatic heterocycles. The van der Waals surface area contributed by atoms with Crippen molar-refractivity contribution < 1.29 is 4.92 Å². The van der Waals surface area contributed by atoms with Gasteiger partial charge in [-0.25, -0.2) is 0 Å². The van der Waals surface area contributed by atoms with E-state index >= 15 is 0 Å². The van der Waals surface area contributed by atoms with Crippen molar-refractivity contribution >= 4 is 5.70 Å². The van der Waals surface area contributed by atoms with Crippen molar-refractivity contribution in [1.29, 1.82) is 0 Å². The van der Waals surface area contributed by atoms with E-state index in [4.69, 9.17) is 0 Å². The maximum absolute atomic E-state index is 10.5. The average Bonchev–Trinajstić information content (AvgIpc) is 2.07. The number of hydrogen-bond donors (Lipinski definition) is 0. The van der Waals surface area contributed by atoms with Crippen molar-refractivity contribution in [3.8, 4) is 0 Å². The number of hydrogen-bond acceptors (Lipinski definition) is 2. The highest BCUT2D eigenvalue weighted by Gasteiger charge is 2.10. The van der Waals surface area contributed by atoms with Crippen molar-refractivity contribution in [2.24, 2.45) is 0 Å². The first-order chi connectivity index (χ1) is 5.75. The van der Waals surface area contributed by atoms with E-state index < -0.39 is 0 Å². The number of benzene rings is 1. The van der Waals surface area contributed by atoms with Crippen LogP contribution < -0.4 is 0 Å². The normalized spacial score (nSPS) is 11.2. The van der Waals surface area contributed by atoms with Gasteiger partial charge in [0.2, 0.25) is 0 Å². The minimum atomic E-state index is -0.380. The van der Waals surface area contributed by atoms with Crippen LogP contribution in [0.1, 0.15) is 12.5 Å². The second-order valence-corrected chi connectivity index (χ2v) is 2.30. The lowest BCUT2D eigenvalue weighted by Gasteiger charge is -1.95. The molecule has 0 unspecified atom stereocenters. The molecule has 0 saturated carbocycles. The van der Waals surface area contributed by atoms with Gasteiger partial charge in [-0.2, -0.15) is 0 Å². The Balaban J connectivity index is 3.05. The standard InChI is InChI=1S/C9H9NO2/c1-2-9(10(11)12)8-6-4-3-5-7-8/h2-7H,1H3. The van der Waals surface area contributed by atoms with Crippen LogP contribution >= 0.6 is 0 Å². The Bertz CT molecular complexity index is 304. The smallest absolute Gasteiger partial charge is 0.258 e. The summed E-state index contributed by atoms with van der Waals surface area (Å²) in [4.78, 5) is 10.1. The minimum Gasteiger partial charge on any atom is -0.258 e. The quantitative estimate of drug-likeness (QED) is 0.496. The lowest BCUT2D eigenvalue weighted by Crippen LogP contribution is -1.96. The summed E-state index contributed by atoms with van der Waals surface area (Å²) in [6.07, 6.45) is 1.50. The Morgan fingerprint density at radius 1 is 1.42 bits per heavy atom. The molecule has 0 aliphatic heterocycles. The molecule has 0 saturated heterocycles. The first kappa shape index (κ1) is 8.46. The van der Waals surface area contributed by atoms with E-state index in [0.717, 1.165) is 0 Å². The van der Waals surface area contributed by atoms with Crippen LogP contribution in [0, 0.1) is 10.1 Å². The Hall–Kier alpha value is -1.64. The third kappa shape index (κ3) is 1.69. The van der Waals surface area contributed by atoms with Crippen molar-refractivity contribution in [3.63, 3.8) is 0 Å². The summed E-state index contributed by atoms with van der Waals surface area (Å²) < 4.78 is 0. The largest absolute Gasteiger partial charge is 0.272 e. The molecule has 0 spiro atoms. The molecule has 0 radical (unpaired) electrons. The molecule has 12 heavy (non-hydrogen) atoms. The molecule has 0 aliphatic rings. The van der Waals surface area contributed by atoms with Crippen LogP contribution in [0.3, 0.4) is 0 Å². The van der Waals surface area contributed by atoms with Crippen molar-refractivity contribution in [3.05, 3.63) is 52.1 Å². The summed E-state index contributed by atoms with van der Waals surface area (Å²) in [5.74, 6) is 0.